The van der Waals surface area contributed by atoms with Crippen LogP contribution in [0.25, 0.3) is 10.4 Å². The highest BCUT2D eigenvalue weighted by molar-refractivity contribution is 5.73. The van der Waals surface area contributed by atoms with Crippen molar-refractivity contribution in [3.8, 4) is 0 Å². The highest BCUT2D eigenvalue weighted by atomic mass is 16.5. The molecule has 5 nitrogen and oxygen atoms in total. The molecule has 1 fully saturated rings. The highest BCUT2D eigenvalue weighted by Gasteiger charge is 2.36. The van der Waals surface area contributed by atoms with Gasteiger partial charge in [0.1, 0.15) is 0 Å². The van der Waals surface area contributed by atoms with E-state index in [-0.39, 0.29) is 23.8 Å². The van der Waals surface area contributed by atoms with Gasteiger partial charge in [0.15, 0.2) is 0 Å². The fourth-order valence-electron chi connectivity index (χ4n) is 1.96. The average Bonchev–Trinajstić information content (AvgIpc) is 2.48. The summed E-state index contributed by atoms with van der Waals surface area (Å²) in [5, 5.41) is 3.64. The molecular weight excluding hydrogens is 182 g/mol. The fourth-order valence-corrected chi connectivity index (χ4v) is 1.96. The fraction of sp³-hybridized carbons (Fsp3) is 0.889. The lowest BCUT2D eigenvalue weighted by molar-refractivity contribution is -0.149. The molecule has 14 heavy (non-hydrogen) atoms. The number of hydrogen-bond acceptors (Lipinski definition) is 3. The molecule has 0 aromatic heterocycles. The normalized spacial score (nSPS) is 30.9. The summed E-state index contributed by atoms with van der Waals surface area (Å²) in [4.78, 5) is 14.2. The van der Waals surface area contributed by atoms with E-state index in [1.807, 2.05) is 6.92 Å². The van der Waals surface area contributed by atoms with Crippen molar-refractivity contribution in [3.63, 3.8) is 0 Å². The Bertz CT molecular complexity index is 261. The molecule has 0 aromatic rings. The first-order valence-corrected chi connectivity index (χ1v) is 4.89. The predicted molar refractivity (Wildman–Crippen MR) is 51.5 cm³/mol. The second-order valence-corrected chi connectivity index (χ2v) is 3.67. The minimum absolute atomic E-state index is 0.0376. The zero-order valence-corrected chi connectivity index (χ0v) is 8.51. The maximum atomic E-state index is 11.4. The van der Waals surface area contributed by atoms with E-state index >= 15 is 0 Å². The van der Waals surface area contributed by atoms with E-state index in [0.29, 0.717) is 13.0 Å². The third-order valence-corrected chi connectivity index (χ3v) is 2.66. The van der Waals surface area contributed by atoms with Crippen LogP contribution in [0.2, 0.25) is 0 Å². The molecule has 1 aliphatic rings. The molecule has 0 aromatic carbocycles. The van der Waals surface area contributed by atoms with E-state index in [2.05, 4.69) is 10.0 Å². The van der Waals surface area contributed by atoms with Gasteiger partial charge in [-0.1, -0.05) is 12.0 Å². The first kappa shape index (κ1) is 10.9. The smallest absolute Gasteiger partial charge is 0.309 e. The van der Waals surface area contributed by atoms with E-state index in [1.54, 1.807) is 6.92 Å². The summed E-state index contributed by atoms with van der Waals surface area (Å²) in [6.45, 7) is 4.20. The number of ether oxygens (including phenoxy) is 1. The molecule has 1 aliphatic carbocycles. The van der Waals surface area contributed by atoms with Crippen molar-refractivity contribution in [2.45, 2.75) is 32.7 Å². The molecule has 3 atom stereocenters. The van der Waals surface area contributed by atoms with Gasteiger partial charge in [-0.25, -0.2) is 0 Å². The lowest BCUT2D eigenvalue weighted by atomic mass is 9.99. The Labute approximate surface area is 83.1 Å². The lowest BCUT2D eigenvalue weighted by Crippen LogP contribution is -2.19. The van der Waals surface area contributed by atoms with Crippen LogP contribution in [0.4, 0.5) is 0 Å². The molecular formula is C9H15N3O2. The number of esters is 1. The number of hydrogen-bond donors (Lipinski definition) is 0. The monoisotopic (exact) mass is 197 g/mol. The molecule has 78 valence electrons. The lowest BCUT2D eigenvalue weighted by Gasteiger charge is -2.12. The predicted octanol–water partition coefficient (Wildman–Crippen LogP) is 2.27. The van der Waals surface area contributed by atoms with Gasteiger partial charge in [-0.05, 0) is 31.2 Å². The quantitative estimate of drug-likeness (QED) is 0.301. The van der Waals surface area contributed by atoms with Crippen LogP contribution >= 0.6 is 0 Å². The standard InChI is InChI=1S/C9H15N3O2/c1-3-14-9(13)8-5-7(11-12-10)4-6(8)2/h6-8H,3-5H2,1-2H3/t6-,7-,8+/m0/s1. The zero-order valence-electron chi connectivity index (χ0n) is 8.51. The Morgan fingerprint density at radius 1 is 1.64 bits per heavy atom. The summed E-state index contributed by atoms with van der Waals surface area (Å²) in [5.74, 6) is 0.00522. The van der Waals surface area contributed by atoms with Crippen LogP contribution in [-0.2, 0) is 9.53 Å². The Morgan fingerprint density at radius 2 is 2.36 bits per heavy atom. The maximum absolute atomic E-state index is 11.4. The van der Waals surface area contributed by atoms with Gasteiger partial charge in [-0.15, -0.1) is 0 Å². The van der Waals surface area contributed by atoms with Crippen LogP contribution < -0.4 is 0 Å². The van der Waals surface area contributed by atoms with E-state index in [4.69, 9.17) is 10.3 Å². The minimum atomic E-state index is -0.157. The molecule has 1 rings (SSSR count). The van der Waals surface area contributed by atoms with E-state index < -0.39 is 0 Å². The van der Waals surface area contributed by atoms with E-state index in [1.165, 1.54) is 0 Å². The van der Waals surface area contributed by atoms with Crippen LogP contribution in [0.1, 0.15) is 26.7 Å². The summed E-state index contributed by atoms with van der Waals surface area (Å²) in [6, 6.07) is -0.0376. The van der Waals surface area contributed by atoms with E-state index in [0.717, 1.165) is 6.42 Å². The van der Waals surface area contributed by atoms with E-state index in [9.17, 15) is 4.79 Å². The molecule has 0 unspecified atom stereocenters. The van der Waals surface area contributed by atoms with Crippen molar-refractivity contribution < 1.29 is 9.53 Å². The second kappa shape index (κ2) is 4.86. The minimum Gasteiger partial charge on any atom is -0.466 e. The van der Waals surface area contributed by atoms with Crippen LogP contribution in [-0.4, -0.2) is 18.6 Å². The Morgan fingerprint density at radius 3 is 2.93 bits per heavy atom. The van der Waals surface area contributed by atoms with Gasteiger partial charge in [0.2, 0.25) is 0 Å². The average molecular weight is 197 g/mol. The molecule has 0 saturated heterocycles. The third-order valence-electron chi connectivity index (χ3n) is 2.66. The molecule has 0 spiro atoms. The SMILES string of the molecule is CCOC(=O)[C@@H]1C[C@@H](N=[N+]=[N-])C[C@@H]1C. The number of carbonyl (C=O) groups excluding carboxylic acids is 1. The molecule has 5 heteroatoms. The van der Waals surface area contributed by atoms with Crippen molar-refractivity contribution in [2.24, 2.45) is 17.0 Å². The molecule has 1 saturated carbocycles. The van der Waals surface area contributed by atoms with Crippen LogP contribution in [0.3, 0.4) is 0 Å². The van der Waals surface area contributed by atoms with Gasteiger partial charge in [-0.3, -0.25) is 4.79 Å². The Kier molecular flexibility index (Phi) is 3.77. The summed E-state index contributed by atoms with van der Waals surface area (Å²) in [7, 11) is 0. The van der Waals surface area contributed by atoms with Gasteiger partial charge in [0.25, 0.3) is 0 Å². The summed E-state index contributed by atoms with van der Waals surface area (Å²) in [6.07, 6.45) is 1.41. The largest absolute Gasteiger partial charge is 0.466 e. The number of azide groups is 1. The topological polar surface area (TPSA) is 75.1 Å². The Balaban J connectivity index is 2.55. The first-order valence-electron chi connectivity index (χ1n) is 4.89. The van der Waals surface area contributed by atoms with Gasteiger partial charge in [0.05, 0.1) is 12.5 Å². The van der Waals surface area contributed by atoms with Gasteiger partial charge in [-0.2, -0.15) is 0 Å². The van der Waals surface area contributed by atoms with Gasteiger partial charge >= 0.3 is 5.97 Å². The molecule has 0 bridgehead atoms. The molecule has 0 N–H and O–H groups in total. The third kappa shape index (κ3) is 2.39. The summed E-state index contributed by atoms with van der Waals surface area (Å²) >= 11 is 0. The van der Waals surface area contributed by atoms with Crippen LogP contribution in [0.15, 0.2) is 5.11 Å². The number of rotatable bonds is 3. The van der Waals surface area contributed by atoms with Crippen molar-refractivity contribution in [2.75, 3.05) is 6.61 Å². The molecule has 0 radical (unpaired) electrons. The summed E-state index contributed by atoms with van der Waals surface area (Å²) in [5.41, 5.74) is 8.28. The van der Waals surface area contributed by atoms with Crippen molar-refractivity contribution in [1.82, 2.24) is 0 Å². The van der Waals surface area contributed by atoms with Gasteiger partial charge < -0.3 is 4.74 Å². The number of carbonyl (C=O) groups is 1. The maximum Gasteiger partial charge on any atom is 0.309 e. The Hall–Kier alpha value is -1.22. The van der Waals surface area contributed by atoms with Crippen LogP contribution in [0.5, 0.6) is 0 Å². The first-order chi connectivity index (χ1) is 6.69. The molecule has 0 amide bonds. The highest BCUT2D eigenvalue weighted by Crippen LogP contribution is 2.34. The molecule has 0 heterocycles. The van der Waals surface area contributed by atoms with Crippen molar-refractivity contribution >= 4 is 5.97 Å². The second-order valence-electron chi connectivity index (χ2n) is 3.67. The van der Waals surface area contributed by atoms with Crippen molar-refractivity contribution in [1.29, 1.82) is 0 Å². The zero-order chi connectivity index (χ0) is 10.6. The van der Waals surface area contributed by atoms with Crippen molar-refractivity contribution in [3.05, 3.63) is 10.4 Å². The number of nitrogens with zero attached hydrogens (tertiary/aromatic N) is 3. The summed E-state index contributed by atoms with van der Waals surface area (Å²) < 4.78 is 4.95. The van der Waals surface area contributed by atoms with Gasteiger partial charge in [0, 0.05) is 11.0 Å². The van der Waals surface area contributed by atoms with Crippen LogP contribution in [0, 0.1) is 11.8 Å². The molecule has 0 aliphatic heterocycles.